The molecule has 1 aromatic carbocycles. The molecule has 6 nitrogen and oxygen atoms in total. The summed E-state index contributed by atoms with van der Waals surface area (Å²) in [6, 6.07) is 5.26. The second-order valence-electron chi connectivity index (χ2n) is 7.33. The van der Waals surface area contributed by atoms with Crippen molar-refractivity contribution >= 4 is 29.1 Å². The number of carbonyl (C=O) groups is 2. The third-order valence-corrected chi connectivity index (χ3v) is 6.06. The first-order chi connectivity index (χ1) is 13.0. The lowest BCUT2D eigenvalue weighted by Crippen LogP contribution is -2.50. The number of rotatable bonds is 4. The Balaban J connectivity index is 1.51. The second kappa shape index (κ2) is 9.04. The van der Waals surface area contributed by atoms with Crippen LogP contribution in [0.25, 0.3) is 0 Å². The molecule has 1 atom stereocenters. The molecular formula is C20H28ClN3O3. The molecule has 27 heavy (non-hydrogen) atoms. The van der Waals surface area contributed by atoms with E-state index in [2.05, 4.69) is 10.2 Å². The number of carbonyl (C=O) groups excluding carboxylic acids is 2. The number of nitrogens with zero attached hydrogens (tertiary/aromatic N) is 2. The van der Waals surface area contributed by atoms with Crippen molar-refractivity contribution in [3.05, 3.63) is 28.8 Å². The second-order valence-corrected chi connectivity index (χ2v) is 7.73. The molecule has 7 heteroatoms. The predicted molar refractivity (Wildman–Crippen MR) is 106 cm³/mol. The molecule has 0 aliphatic carbocycles. The van der Waals surface area contributed by atoms with E-state index < -0.39 is 0 Å². The lowest BCUT2D eigenvalue weighted by molar-refractivity contribution is -0.141. The van der Waals surface area contributed by atoms with Gasteiger partial charge in [0.2, 0.25) is 11.8 Å². The lowest BCUT2D eigenvalue weighted by Gasteiger charge is -2.37. The maximum Gasteiger partial charge on any atom is 0.241 e. The third-order valence-electron chi connectivity index (χ3n) is 5.65. The van der Waals surface area contributed by atoms with Gasteiger partial charge in [-0.25, -0.2) is 0 Å². The van der Waals surface area contributed by atoms with Gasteiger partial charge in [0.1, 0.15) is 0 Å². The van der Waals surface area contributed by atoms with Crippen LogP contribution in [0.2, 0.25) is 5.02 Å². The van der Waals surface area contributed by atoms with Crippen LogP contribution >= 0.6 is 11.6 Å². The minimum Gasteiger partial charge on any atom is -0.378 e. The Bertz CT molecular complexity index is 683. The van der Waals surface area contributed by atoms with E-state index in [1.807, 2.05) is 36.9 Å². The largest absolute Gasteiger partial charge is 0.378 e. The standard InChI is InChI=1S/C20H28ClN3O3/c1-14-17(21)4-3-5-18(14)22-19(25)15(2)23-8-6-16(7-9-23)20(26)24-10-12-27-13-11-24/h3-5,15-16H,6-13H2,1-2H3,(H,22,25)/t15-/m1/s1. The van der Waals surface area contributed by atoms with Crippen molar-refractivity contribution in [2.75, 3.05) is 44.7 Å². The fourth-order valence-corrected chi connectivity index (χ4v) is 3.90. The number of hydrogen-bond donors (Lipinski definition) is 1. The van der Waals surface area contributed by atoms with Crippen molar-refractivity contribution in [1.29, 1.82) is 0 Å². The van der Waals surface area contributed by atoms with E-state index in [1.165, 1.54) is 0 Å². The molecule has 1 aromatic rings. The number of anilines is 1. The molecule has 0 bridgehead atoms. The van der Waals surface area contributed by atoms with Gasteiger partial charge in [0, 0.05) is 29.7 Å². The fraction of sp³-hybridized carbons (Fsp3) is 0.600. The number of halogens is 1. The van der Waals surface area contributed by atoms with Crippen molar-refractivity contribution in [3.63, 3.8) is 0 Å². The number of hydrogen-bond acceptors (Lipinski definition) is 4. The van der Waals surface area contributed by atoms with E-state index in [1.54, 1.807) is 0 Å². The molecule has 1 N–H and O–H groups in total. The summed E-state index contributed by atoms with van der Waals surface area (Å²) in [5.74, 6) is 0.257. The summed E-state index contributed by atoms with van der Waals surface area (Å²) in [5.41, 5.74) is 1.62. The monoisotopic (exact) mass is 393 g/mol. The van der Waals surface area contributed by atoms with Gasteiger partial charge in [-0.15, -0.1) is 0 Å². The first-order valence-corrected chi connectivity index (χ1v) is 10.0. The Hall–Kier alpha value is -1.63. The summed E-state index contributed by atoms with van der Waals surface area (Å²) < 4.78 is 5.32. The first-order valence-electron chi connectivity index (χ1n) is 9.64. The summed E-state index contributed by atoms with van der Waals surface area (Å²) >= 11 is 6.13. The van der Waals surface area contributed by atoms with Gasteiger partial charge in [-0.1, -0.05) is 17.7 Å². The van der Waals surface area contributed by atoms with Crippen molar-refractivity contribution in [1.82, 2.24) is 9.80 Å². The predicted octanol–water partition coefficient (Wildman–Crippen LogP) is 2.55. The third kappa shape index (κ3) is 4.81. The SMILES string of the molecule is Cc1c(Cl)cccc1NC(=O)[C@@H](C)N1CCC(C(=O)N2CCOCC2)CC1. The van der Waals surface area contributed by atoms with Crippen LogP contribution < -0.4 is 5.32 Å². The quantitative estimate of drug-likeness (QED) is 0.853. The summed E-state index contributed by atoms with van der Waals surface area (Å²) in [5, 5.41) is 3.62. The number of piperidine rings is 1. The highest BCUT2D eigenvalue weighted by Gasteiger charge is 2.32. The van der Waals surface area contributed by atoms with Gasteiger partial charge in [-0.2, -0.15) is 0 Å². The molecule has 2 heterocycles. The zero-order chi connectivity index (χ0) is 19.4. The maximum atomic E-state index is 12.7. The Kier molecular flexibility index (Phi) is 6.73. The zero-order valence-electron chi connectivity index (χ0n) is 16.0. The van der Waals surface area contributed by atoms with E-state index in [4.69, 9.17) is 16.3 Å². The van der Waals surface area contributed by atoms with Crippen molar-refractivity contribution in [2.45, 2.75) is 32.7 Å². The van der Waals surface area contributed by atoms with Gasteiger partial charge in [-0.05, 0) is 57.5 Å². The number of ether oxygens (including phenoxy) is 1. The number of nitrogens with one attached hydrogen (secondary N) is 1. The van der Waals surface area contributed by atoms with Crippen molar-refractivity contribution < 1.29 is 14.3 Å². The van der Waals surface area contributed by atoms with E-state index in [0.717, 1.165) is 37.2 Å². The number of benzene rings is 1. The highest BCUT2D eigenvalue weighted by Crippen LogP contribution is 2.25. The van der Waals surface area contributed by atoms with Crippen LogP contribution in [0.1, 0.15) is 25.3 Å². The molecule has 3 rings (SSSR count). The van der Waals surface area contributed by atoms with Gasteiger partial charge in [0.15, 0.2) is 0 Å². The van der Waals surface area contributed by atoms with Gasteiger partial charge in [0.05, 0.1) is 19.3 Å². The van der Waals surface area contributed by atoms with Crippen LogP contribution in [-0.4, -0.2) is 67.0 Å². The molecule has 2 saturated heterocycles. The summed E-state index contributed by atoms with van der Waals surface area (Å²) in [4.78, 5) is 29.4. The van der Waals surface area contributed by atoms with Gasteiger partial charge in [-0.3, -0.25) is 14.5 Å². The molecule has 2 amide bonds. The van der Waals surface area contributed by atoms with Crippen LogP contribution in [0.15, 0.2) is 18.2 Å². The zero-order valence-corrected chi connectivity index (χ0v) is 16.8. The molecule has 0 unspecified atom stereocenters. The van der Waals surface area contributed by atoms with Crippen LogP contribution in [0.4, 0.5) is 5.69 Å². The Morgan fingerprint density at radius 1 is 1.19 bits per heavy atom. The Morgan fingerprint density at radius 3 is 2.52 bits per heavy atom. The highest BCUT2D eigenvalue weighted by atomic mass is 35.5. The number of morpholine rings is 1. The maximum absolute atomic E-state index is 12.7. The molecule has 0 aromatic heterocycles. The van der Waals surface area contributed by atoms with E-state index in [9.17, 15) is 9.59 Å². The summed E-state index contributed by atoms with van der Waals surface area (Å²) in [6.45, 7) is 7.96. The van der Waals surface area contributed by atoms with Crippen LogP contribution in [0, 0.1) is 12.8 Å². The fourth-order valence-electron chi connectivity index (χ4n) is 3.72. The topological polar surface area (TPSA) is 61.9 Å². The molecule has 2 aliphatic rings. The highest BCUT2D eigenvalue weighted by molar-refractivity contribution is 6.31. The number of amides is 2. The number of likely N-dealkylation sites (tertiary alicyclic amines) is 1. The average molecular weight is 394 g/mol. The summed E-state index contributed by atoms with van der Waals surface area (Å²) in [6.07, 6.45) is 1.59. The van der Waals surface area contributed by atoms with Gasteiger partial charge in [0.25, 0.3) is 0 Å². The van der Waals surface area contributed by atoms with E-state index >= 15 is 0 Å². The molecule has 0 saturated carbocycles. The first kappa shape index (κ1) is 20.1. The molecule has 0 radical (unpaired) electrons. The van der Waals surface area contributed by atoms with Crippen LogP contribution in [-0.2, 0) is 14.3 Å². The summed E-state index contributed by atoms with van der Waals surface area (Å²) in [7, 11) is 0. The van der Waals surface area contributed by atoms with Crippen molar-refractivity contribution in [3.8, 4) is 0 Å². The normalized spacial score (nSPS) is 20.3. The lowest BCUT2D eigenvalue weighted by atomic mass is 9.94. The smallest absolute Gasteiger partial charge is 0.241 e. The molecule has 2 fully saturated rings. The van der Waals surface area contributed by atoms with Crippen LogP contribution in [0.5, 0.6) is 0 Å². The Labute approximate surface area is 165 Å². The van der Waals surface area contributed by atoms with Crippen molar-refractivity contribution in [2.24, 2.45) is 5.92 Å². The molecule has 2 aliphatic heterocycles. The molecular weight excluding hydrogens is 366 g/mol. The Morgan fingerprint density at radius 2 is 1.85 bits per heavy atom. The van der Waals surface area contributed by atoms with Gasteiger partial charge < -0.3 is 15.0 Å². The molecule has 0 spiro atoms. The van der Waals surface area contributed by atoms with E-state index in [-0.39, 0.29) is 23.8 Å². The average Bonchev–Trinajstić information content (AvgIpc) is 2.71. The minimum atomic E-state index is -0.247. The molecule has 148 valence electrons. The van der Waals surface area contributed by atoms with Gasteiger partial charge >= 0.3 is 0 Å². The van der Waals surface area contributed by atoms with Crippen LogP contribution in [0.3, 0.4) is 0 Å². The van der Waals surface area contributed by atoms with E-state index in [0.29, 0.717) is 31.3 Å². The minimum absolute atomic E-state index is 0.0432.